The molecule has 2 atom stereocenters. The highest BCUT2D eigenvalue weighted by atomic mass is 16.2. The van der Waals surface area contributed by atoms with Gasteiger partial charge in [0.25, 0.3) is 0 Å². The molecule has 3 N–H and O–H groups in total. The van der Waals surface area contributed by atoms with E-state index >= 15 is 0 Å². The Morgan fingerprint density at radius 1 is 1.36 bits per heavy atom. The third-order valence-electron chi connectivity index (χ3n) is 3.93. The van der Waals surface area contributed by atoms with E-state index in [0.717, 1.165) is 24.1 Å². The van der Waals surface area contributed by atoms with Gasteiger partial charge in [0.1, 0.15) is 0 Å². The number of nitrogens with one attached hydrogen (secondary N) is 1. The minimum Gasteiger partial charge on any atom is -0.354 e. The summed E-state index contributed by atoms with van der Waals surface area (Å²) in [5.41, 5.74) is 8.01. The topological polar surface area (TPSA) is 72.9 Å². The number of rotatable bonds is 7. The first-order valence-electron chi connectivity index (χ1n) is 7.74. The Bertz CT molecular complexity index is 594. The van der Waals surface area contributed by atoms with Gasteiger partial charge in [-0.05, 0) is 30.0 Å². The van der Waals surface area contributed by atoms with E-state index in [-0.39, 0.29) is 11.8 Å². The average Bonchev–Trinajstić information content (AvgIpc) is 3.03. The van der Waals surface area contributed by atoms with Crippen LogP contribution >= 0.6 is 0 Å². The number of aromatic nitrogens is 2. The largest absolute Gasteiger partial charge is 0.354 e. The fourth-order valence-electron chi connectivity index (χ4n) is 2.17. The van der Waals surface area contributed by atoms with Crippen molar-refractivity contribution in [3.63, 3.8) is 0 Å². The van der Waals surface area contributed by atoms with Gasteiger partial charge in [0.05, 0.1) is 17.9 Å². The molecule has 0 fully saturated rings. The van der Waals surface area contributed by atoms with Crippen molar-refractivity contribution in [3.8, 4) is 5.69 Å². The van der Waals surface area contributed by atoms with Gasteiger partial charge in [0, 0.05) is 12.7 Å². The SMILES string of the molecule is CCC(C)C(N)C(=O)NCCc1cnn(-c2ccccc2)c1. The second kappa shape index (κ2) is 7.75. The molecule has 2 rings (SSSR count). The number of benzene rings is 1. The van der Waals surface area contributed by atoms with Crippen LogP contribution in [0.4, 0.5) is 0 Å². The Kier molecular flexibility index (Phi) is 5.72. The number of amides is 1. The Hall–Kier alpha value is -2.14. The molecule has 0 aliphatic rings. The minimum absolute atomic E-state index is 0.0789. The number of hydrogen-bond acceptors (Lipinski definition) is 3. The van der Waals surface area contributed by atoms with E-state index in [1.807, 2.05) is 61.3 Å². The number of carbonyl (C=O) groups is 1. The molecule has 0 aliphatic carbocycles. The summed E-state index contributed by atoms with van der Waals surface area (Å²) in [4.78, 5) is 11.9. The van der Waals surface area contributed by atoms with E-state index in [2.05, 4.69) is 10.4 Å². The van der Waals surface area contributed by atoms with Crippen LogP contribution in [-0.2, 0) is 11.2 Å². The molecule has 0 saturated heterocycles. The van der Waals surface area contributed by atoms with Crippen LogP contribution in [0.3, 0.4) is 0 Å². The van der Waals surface area contributed by atoms with Gasteiger partial charge >= 0.3 is 0 Å². The number of nitrogens with zero attached hydrogens (tertiary/aromatic N) is 2. The van der Waals surface area contributed by atoms with Crippen LogP contribution in [0.15, 0.2) is 42.7 Å². The highest BCUT2D eigenvalue weighted by Gasteiger charge is 2.18. The molecule has 1 heterocycles. The summed E-state index contributed by atoms with van der Waals surface area (Å²) >= 11 is 0. The number of carbonyl (C=O) groups excluding carboxylic acids is 1. The van der Waals surface area contributed by atoms with E-state index in [1.165, 1.54) is 0 Å². The predicted octanol–water partition coefficient (Wildman–Crippen LogP) is 1.90. The molecular formula is C17H24N4O. The predicted molar refractivity (Wildman–Crippen MR) is 87.7 cm³/mol. The summed E-state index contributed by atoms with van der Waals surface area (Å²) in [6.07, 6.45) is 5.45. The van der Waals surface area contributed by atoms with Crippen molar-refractivity contribution in [2.24, 2.45) is 11.7 Å². The quantitative estimate of drug-likeness (QED) is 0.820. The summed E-state index contributed by atoms with van der Waals surface area (Å²) in [5, 5.41) is 7.23. The highest BCUT2D eigenvalue weighted by molar-refractivity contribution is 5.81. The van der Waals surface area contributed by atoms with Crippen LogP contribution in [-0.4, -0.2) is 28.3 Å². The summed E-state index contributed by atoms with van der Waals surface area (Å²) in [5.74, 6) is 0.116. The van der Waals surface area contributed by atoms with Gasteiger partial charge in [-0.25, -0.2) is 4.68 Å². The van der Waals surface area contributed by atoms with Crippen LogP contribution in [0.2, 0.25) is 0 Å². The second-order valence-corrected chi connectivity index (χ2v) is 5.58. The Morgan fingerprint density at radius 3 is 2.77 bits per heavy atom. The van der Waals surface area contributed by atoms with Crippen LogP contribution in [0.5, 0.6) is 0 Å². The summed E-state index contributed by atoms with van der Waals surface area (Å²) in [6.45, 7) is 4.60. The maximum atomic E-state index is 11.9. The van der Waals surface area contributed by atoms with Crippen LogP contribution in [0, 0.1) is 5.92 Å². The molecular weight excluding hydrogens is 276 g/mol. The molecule has 2 aromatic rings. The molecule has 1 aromatic carbocycles. The zero-order valence-electron chi connectivity index (χ0n) is 13.2. The van der Waals surface area contributed by atoms with Crippen molar-refractivity contribution < 1.29 is 4.79 Å². The van der Waals surface area contributed by atoms with Gasteiger partial charge in [-0.15, -0.1) is 0 Å². The first-order valence-corrected chi connectivity index (χ1v) is 7.74. The Balaban J connectivity index is 1.83. The molecule has 1 aromatic heterocycles. The number of nitrogens with two attached hydrogens (primary N) is 1. The fraction of sp³-hybridized carbons (Fsp3) is 0.412. The molecule has 0 spiro atoms. The summed E-state index contributed by atoms with van der Waals surface area (Å²) < 4.78 is 1.84. The van der Waals surface area contributed by atoms with Crippen LogP contribution in [0.25, 0.3) is 5.69 Å². The summed E-state index contributed by atoms with van der Waals surface area (Å²) in [6, 6.07) is 9.51. The van der Waals surface area contributed by atoms with Crippen molar-refractivity contribution in [3.05, 3.63) is 48.3 Å². The van der Waals surface area contributed by atoms with E-state index in [4.69, 9.17) is 5.73 Å². The molecule has 0 bridgehead atoms. The second-order valence-electron chi connectivity index (χ2n) is 5.58. The maximum absolute atomic E-state index is 11.9. The molecule has 2 unspecified atom stereocenters. The molecule has 0 radical (unpaired) electrons. The monoisotopic (exact) mass is 300 g/mol. The lowest BCUT2D eigenvalue weighted by Gasteiger charge is -2.17. The van der Waals surface area contributed by atoms with Crippen molar-refractivity contribution in [1.82, 2.24) is 15.1 Å². The molecule has 5 heteroatoms. The molecule has 5 nitrogen and oxygen atoms in total. The molecule has 0 saturated carbocycles. The van der Waals surface area contributed by atoms with Gasteiger partial charge in [0.15, 0.2) is 0 Å². The Labute approximate surface area is 131 Å². The smallest absolute Gasteiger partial charge is 0.237 e. The minimum atomic E-state index is -0.433. The van der Waals surface area contributed by atoms with Crippen LogP contribution in [0.1, 0.15) is 25.8 Å². The molecule has 1 amide bonds. The zero-order valence-corrected chi connectivity index (χ0v) is 13.2. The lowest BCUT2D eigenvalue weighted by atomic mass is 9.99. The van der Waals surface area contributed by atoms with E-state index in [1.54, 1.807) is 0 Å². The highest BCUT2D eigenvalue weighted by Crippen LogP contribution is 2.08. The van der Waals surface area contributed by atoms with E-state index < -0.39 is 6.04 Å². The fourth-order valence-corrected chi connectivity index (χ4v) is 2.17. The lowest BCUT2D eigenvalue weighted by molar-refractivity contribution is -0.123. The molecule has 118 valence electrons. The zero-order chi connectivity index (χ0) is 15.9. The Morgan fingerprint density at radius 2 is 2.09 bits per heavy atom. The van der Waals surface area contributed by atoms with E-state index in [0.29, 0.717) is 6.54 Å². The van der Waals surface area contributed by atoms with Crippen LogP contribution < -0.4 is 11.1 Å². The van der Waals surface area contributed by atoms with Gasteiger partial charge in [-0.3, -0.25) is 4.79 Å². The van der Waals surface area contributed by atoms with Crippen molar-refractivity contribution >= 4 is 5.91 Å². The van der Waals surface area contributed by atoms with Gasteiger partial charge < -0.3 is 11.1 Å². The lowest BCUT2D eigenvalue weighted by Crippen LogP contribution is -2.45. The number of hydrogen-bond donors (Lipinski definition) is 2. The summed E-state index contributed by atoms with van der Waals surface area (Å²) in [7, 11) is 0. The molecule has 22 heavy (non-hydrogen) atoms. The average molecular weight is 300 g/mol. The van der Waals surface area contributed by atoms with Crippen molar-refractivity contribution in [1.29, 1.82) is 0 Å². The van der Waals surface area contributed by atoms with Gasteiger partial charge in [-0.2, -0.15) is 5.10 Å². The standard InChI is InChI=1S/C17H24N4O/c1-3-13(2)16(18)17(22)19-10-9-14-11-20-21(12-14)15-7-5-4-6-8-15/h4-8,11-13,16H,3,9-10,18H2,1-2H3,(H,19,22). The van der Waals surface area contributed by atoms with Gasteiger partial charge in [-0.1, -0.05) is 38.5 Å². The first kappa shape index (κ1) is 16.2. The van der Waals surface area contributed by atoms with Crippen molar-refractivity contribution in [2.75, 3.05) is 6.54 Å². The molecule has 0 aliphatic heterocycles. The maximum Gasteiger partial charge on any atom is 0.237 e. The third-order valence-corrected chi connectivity index (χ3v) is 3.93. The normalized spacial score (nSPS) is 13.6. The number of para-hydroxylation sites is 1. The van der Waals surface area contributed by atoms with Gasteiger partial charge in [0.2, 0.25) is 5.91 Å². The van der Waals surface area contributed by atoms with E-state index in [9.17, 15) is 4.79 Å². The van der Waals surface area contributed by atoms with Crippen molar-refractivity contribution in [2.45, 2.75) is 32.7 Å². The first-order chi connectivity index (χ1) is 10.6. The third kappa shape index (κ3) is 4.18.